The lowest BCUT2D eigenvalue weighted by atomic mass is 9.94. The number of imidazole rings is 1. The minimum atomic E-state index is -0.314. The summed E-state index contributed by atoms with van der Waals surface area (Å²) in [6.45, 7) is 6.03. The van der Waals surface area contributed by atoms with Gasteiger partial charge in [-0.05, 0) is 18.8 Å². The second-order valence-electron chi connectivity index (χ2n) is 6.70. The Morgan fingerprint density at radius 3 is 3.09 bits per heavy atom. The molecule has 0 aromatic carbocycles. The Morgan fingerprint density at radius 1 is 1.50 bits per heavy atom. The Labute approximate surface area is 130 Å². The van der Waals surface area contributed by atoms with E-state index in [1.165, 1.54) is 0 Å². The molecule has 3 heterocycles. The summed E-state index contributed by atoms with van der Waals surface area (Å²) >= 11 is 0. The molecule has 6 heteroatoms. The lowest BCUT2D eigenvalue weighted by Gasteiger charge is -2.38. The molecular weight excluding hydrogens is 280 g/mol. The first-order valence-corrected chi connectivity index (χ1v) is 8.14. The maximum absolute atomic E-state index is 12.9. The number of rotatable bonds is 3. The molecule has 0 spiro atoms. The van der Waals surface area contributed by atoms with Crippen molar-refractivity contribution in [3.8, 4) is 0 Å². The van der Waals surface area contributed by atoms with Crippen molar-refractivity contribution in [3.63, 3.8) is 0 Å². The van der Waals surface area contributed by atoms with Crippen molar-refractivity contribution in [3.05, 3.63) is 18.2 Å². The van der Waals surface area contributed by atoms with Gasteiger partial charge in [0.15, 0.2) is 0 Å². The molecule has 2 aliphatic rings. The van der Waals surface area contributed by atoms with Crippen LogP contribution in [-0.2, 0) is 22.6 Å². The highest BCUT2D eigenvalue weighted by molar-refractivity contribution is 5.89. The van der Waals surface area contributed by atoms with E-state index in [4.69, 9.17) is 0 Å². The third-order valence-electron chi connectivity index (χ3n) is 4.59. The monoisotopic (exact) mass is 304 g/mol. The molecule has 2 aliphatic heterocycles. The number of hydrogen-bond acceptors (Lipinski definition) is 3. The summed E-state index contributed by atoms with van der Waals surface area (Å²) in [5, 5.41) is 2.89. The van der Waals surface area contributed by atoms with Crippen LogP contribution in [0.2, 0.25) is 0 Å². The van der Waals surface area contributed by atoms with E-state index in [1.54, 1.807) is 6.20 Å². The standard InChI is InChI=1S/C16H24N4O2/c1-11(2)9-13-15(21)18-6-8-20(13)16(22)12-3-4-14-17-5-7-19(14)10-12/h5,7,11-13H,3-4,6,8-10H2,1-2H3,(H,18,21)/t12-,13+/m1/s1. The van der Waals surface area contributed by atoms with Crippen molar-refractivity contribution in [2.75, 3.05) is 13.1 Å². The number of aromatic nitrogens is 2. The van der Waals surface area contributed by atoms with Gasteiger partial charge in [-0.3, -0.25) is 9.59 Å². The number of nitrogens with zero attached hydrogens (tertiary/aromatic N) is 3. The lowest BCUT2D eigenvalue weighted by Crippen LogP contribution is -2.59. The molecule has 1 fully saturated rings. The smallest absolute Gasteiger partial charge is 0.242 e. The Bertz CT molecular complexity index is 566. The number of hydrogen-bond donors (Lipinski definition) is 1. The van der Waals surface area contributed by atoms with E-state index in [9.17, 15) is 9.59 Å². The van der Waals surface area contributed by atoms with Crippen LogP contribution in [0.15, 0.2) is 12.4 Å². The van der Waals surface area contributed by atoms with Crippen LogP contribution in [0.1, 0.15) is 32.5 Å². The van der Waals surface area contributed by atoms with Crippen molar-refractivity contribution in [2.24, 2.45) is 11.8 Å². The van der Waals surface area contributed by atoms with E-state index in [1.807, 2.05) is 11.1 Å². The average molecular weight is 304 g/mol. The van der Waals surface area contributed by atoms with Gasteiger partial charge in [0, 0.05) is 38.4 Å². The molecule has 0 aliphatic carbocycles. The number of carbonyl (C=O) groups is 2. The van der Waals surface area contributed by atoms with Crippen LogP contribution in [0.5, 0.6) is 0 Å². The molecule has 0 radical (unpaired) electrons. The quantitative estimate of drug-likeness (QED) is 0.899. The number of carbonyl (C=O) groups excluding carboxylic acids is 2. The van der Waals surface area contributed by atoms with Gasteiger partial charge in [-0.25, -0.2) is 4.98 Å². The molecule has 6 nitrogen and oxygen atoms in total. The summed E-state index contributed by atoms with van der Waals surface area (Å²) in [6, 6.07) is -0.314. The largest absolute Gasteiger partial charge is 0.353 e. The van der Waals surface area contributed by atoms with Crippen LogP contribution in [0.25, 0.3) is 0 Å². The fraction of sp³-hybridized carbons (Fsp3) is 0.688. The van der Waals surface area contributed by atoms with E-state index < -0.39 is 0 Å². The van der Waals surface area contributed by atoms with Crippen molar-refractivity contribution in [2.45, 2.75) is 45.7 Å². The molecule has 2 atom stereocenters. The van der Waals surface area contributed by atoms with Gasteiger partial charge >= 0.3 is 0 Å². The summed E-state index contributed by atoms with van der Waals surface area (Å²) < 4.78 is 2.06. The number of piperazine rings is 1. The Kier molecular flexibility index (Phi) is 4.18. The molecular formula is C16H24N4O2. The van der Waals surface area contributed by atoms with Crippen molar-refractivity contribution in [1.29, 1.82) is 0 Å². The molecule has 1 aromatic heterocycles. The minimum Gasteiger partial charge on any atom is -0.353 e. The highest BCUT2D eigenvalue weighted by Crippen LogP contribution is 2.24. The summed E-state index contributed by atoms with van der Waals surface area (Å²) in [5.74, 6) is 1.52. The van der Waals surface area contributed by atoms with E-state index in [2.05, 4.69) is 28.7 Å². The zero-order valence-electron chi connectivity index (χ0n) is 13.3. The number of nitrogens with one attached hydrogen (secondary N) is 1. The van der Waals surface area contributed by atoms with Gasteiger partial charge in [-0.1, -0.05) is 13.8 Å². The van der Waals surface area contributed by atoms with Crippen LogP contribution in [0, 0.1) is 11.8 Å². The van der Waals surface area contributed by atoms with Crippen LogP contribution >= 0.6 is 0 Å². The van der Waals surface area contributed by atoms with Gasteiger partial charge in [0.1, 0.15) is 11.9 Å². The van der Waals surface area contributed by atoms with Gasteiger partial charge in [0.2, 0.25) is 11.8 Å². The number of amides is 2. The molecule has 0 unspecified atom stereocenters. The third kappa shape index (κ3) is 2.87. The summed E-state index contributed by atoms with van der Waals surface area (Å²) in [5.41, 5.74) is 0. The first kappa shape index (κ1) is 15.1. The summed E-state index contributed by atoms with van der Waals surface area (Å²) in [6.07, 6.45) is 6.10. The lowest BCUT2D eigenvalue weighted by molar-refractivity contribution is -0.147. The van der Waals surface area contributed by atoms with E-state index in [0.717, 1.165) is 25.1 Å². The SMILES string of the molecule is CC(C)C[C@H]1C(=O)NCCN1C(=O)[C@@H]1CCc2nccn2C1. The maximum atomic E-state index is 12.9. The van der Waals surface area contributed by atoms with Crippen molar-refractivity contribution >= 4 is 11.8 Å². The molecule has 120 valence electrons. The average Bonchev–Trinajstić information content (AvgIpc) is 2.95. The topological polar surface area (TPSA) is 67.2 Å². The van der Waals surface area contributed by atoms with Gasteiger partial charge in [-0.15, -0.1) is 0 Å². The molecule has 1 saturated heterocycles. The highest BCUT2D eigenvalue weighted by atomic mass is 16.2. The Balaban J connectivity index is 1.74. The molecule has 22 heavy (non-hydrogen) atoms. The first-order valence-electron chi connectivity index (χ1n) is 8.14. The minimum absolute atomic E-state index is 0.00701. The predicted molar refractivity (Wildman–Crippen MR) is 82.0 cm³/mol. The summed E-state index contributed by atoms with van der Waals surface area (Å²) in [7, 11) is 0. The van der Waals surface area contributed by atoms with Crippen molar-refractivity contribution < 1.29 is 9.59 Å². The molecule has 0 saturated carbocycles. The first-order chi connectivity index (χ1) is 10.6. The number of fused-ring (bicyclic) bond motifs is 1. The number of aryl methyl sites for hydroxylation is 1. The molecule has 1 aromatic rings. The molecule has 1 N–H and O–H groups in total. The Hall–Kier alpha value is -1.85. The van der Waals surface area contributed by atoms with Gasteiger partial charge in [0.25, 0.3) is 0 Å². The van der Waals surface area contributed by atoms with Crippen LogP contribution < -0.4 is 5.32 Å². The zero-order chi connectivity index (χ0) is 15.7. The van der Waals surface area contributed by atoms with Crippen LogP contribution in [-0.4, -0.2) is 45.4 Å². The normalized spacial score (nSPS) is 25.0. The second-order valence-corrected chi connectivity index (χ2v) is 6.70. The van der Waals surface area contributed by atoms with Gasteiger partial charge in [-0.2, -0.15) is 0 Å². The highest BCUT2D eigenvalue weighted by Gasteiger charge is 2.37. The van der Waals surface area contributed by atoms with Crippen LogP contribution in [0.3, 0.4) is 0 Å². The van der Waals surface area contributed by atoms with Crippen LogP contribution in [0.4, 0.5) is 0 Å². The predicted octanol–water partition coefficient (Wildman–Crippen LogP) is 0.819. The second kappa shape index (κ2) is 6.10. The summed E-state index contributed by atoms with van der Waals surface area (Å²) in [4.78, 5) is 31.2. The third-order valence-corrected chi connectivity index (χ3v) is 4.59. The van der Waals surface area contributed by atoms with E-state index >= 15 is 0 Å². The molecule has 2 amide bonds. The van der Waals surface area contributed by atoms with E-state index in [-0.39, 0.29) is 23.8 Å². The van der Waals surface area contributed by atoms with Crippen molar-refractivity contribution in [1.82, 2.24) is 19.8 Å². The Morgan fingerprint density at radius 2 is 2.32 bits per heavy atom. The zero-order valence-corrected chi connectivity index (χ0v) is 13.3. The fourth-order valence-corrected chi connectivity index (χ4v) is 3.46. The van der Waals surface area contributed by atoms with Gasteiger partial charge in [0.05, 0.1) is 5.92 Å². The van der Waals surface area contributed by atoms with Gasteiger partial charge < -0.3 is 14.8 Å². The van der Waals surface area contributed by atoms with E-state index in [0.29, 0.717) is 25.6 Å². The maximum Gasteiger partial charge on any atom is 0.242 e. The molecule has 0 bridgehead atoms. The molecule has 3 rings (SSSR count). The fourth-order valence-electron chi connectivity index (χ4n) is 3.46.